The average molecular weight is 610 g/mol. The number of benzene rings is 2. The first-order valence-corrected chi connectivity index (χ1v) is 14.7. The number of nitrogens with zero attached hydrogens (tertiary/aromatic N) is 6. The maximum absolute atomic E-state index is 12.0. The fourth-order valence-corrected chi connectivity index (χ4v) is 5.44. The minimum Gasteiger partial charge on any atom is -0.493 e. The molecule has 1 aliphatic heterocycles. The first-order valence-electron chi connectivity index (χ1n) is 14.7. The van der Waals surface area contributed by atoms with Crippen molar-refractivity contribution < 1.29 is 24.1 Å². The number of hydrogen-bond donors (Lipinski definition) is 2. The van der Waals surface area contributed by atoms with E-state index in [0.29, 0.717) is 82.5 Å². The van der Waals surface area contributed by atoms with Crippen molar-refractivity contribution in [3.8, 4) is 23.0 Å². The van der Waals surface area contributed by atoms with E-state index in [4.69, 9.17) is 14.2 Å². The predicted molar refractivity (Wildman–Crippen MR) is 169 cm³/mol. The first kappa shape index (κ1) is 29.8. The van der Waals surface area contributed by atoms with Crippen molar-refractivity contribution >= 4 is 34.0 Å². The van der Waals surface area contributed by atoms with Crippen molar-refractivity contribution in [1.82, 2.24) is 29.5 Å². The number of ether oxygens (including phenoxy) is 3. The van der Waals surface area contributed by atoms with Gasteiger partial charge in [0.15, 0.2) is 17.1 Å². The lowest BCUT2D eigenvalue weighted by Crippen LogP contribution is -2.41. The highest BCUT2D eigenvalue weighted by molar-refractivity contribution is 5.93. The number of carbonyl (C=O) groups excluding carboxylic acids is 1. The molecule has 5 aromatic rings. The third-order valence-electron chi connectivity index (χ3n) is 7.85. The lowest BCUT2D eigenvalue weighted by molar-refractivity contribution is -0.127. The SMILES string of the molecule is C=CC(=O)N1CCC(Oc2cc3c(Nc4cc(C)c(Oc5ccn6ncnc6c5)cc4C(C)(C)O)ncnc3cc2OC)CC1. The highest BCUT2D eigenvalue weighted by Gasteiger charge is 2.26. The number of amides is 1. The summed E-state index contributed by atoms with van der Waals surface area (Å²) < 4.78 is 19.9. The number of nitrogens with one attached hydrogen (secondary N) is 1. The molecule has 0 bridgehead atoms. The third kappa shape index (κ3) is 6.22. The second-order valence-electron chi connectivity index (χ2n) is 11.5. The van der Waals surface area contributed by atoms with E-state index in [2.05, 4.69) is 31.9 Å². The number of aromatic nitrogens is 5. The molecule has 0 spiro atoms. The van der Waals surface area contributed by atoms with Gasteiger partial charge in [0.2, 0.25) is 5.91 Å². The Bertz CT molecular complexity index is 1890. The summed E-state index contributed by atoms with van der Waals surface area (Å²) >= 11 is 0. The Morgan fingerprint density at radius 1 is 1.07 bits per heavy atom. The lowest BCUT2D eigenvalue weighted by atomic mass is 9.94. The highest BCUT2D eigenvalue weighted by atomic mass is 16.5. The van der Waals surface area contributed by atoms with Crippen molar-refractivity contribution in [3.63, 3.8) is 0 Å². The molecule has 1 saturated heterocycles. The lowest BCUT2D eigenvalue weighted by Gasteiger charge is -2.31. The molecule has 0 atom stereocenters. The van der Waals surface area contributed by atoms with Gasteiger partial charge in [-0.1, -0.05) is 6.58 Å². The van der Waals surface area contributed by atoms with E-state index in [0.717, 1.165) is 5.56 Å². The van der Waals surface area contributed by atoms with Gasteiger partial charge in [0, 0.05) is 60.9 Å². The van der Waals surface area contributed by atoms with Gasteiger partial charge in [-0.05, 0) is 56.7 Å². The molecule has 2 aromatic carbocycles. The molecule has 0 unspecified atom stereocenters. The summed E-state index contributed by atoms with van der Waals surface area (Å²) in [7, 11) is 1.59. The summed E-state index contributed by atoms with van der Waals surface area (Å²) in [5.74, 6) is 2.77. The van der Waals surface area contributed by atoms with E-state index < -0.39 is 5.60 Å². The van der Waals surface area contributed by atoms with Gasteiger partial charge in [-0.15, -0.1) is 0 Å². The Balaban J connectivity index is 1.31. The quantitative estimate of drug-likeness (QED) is 0.212. The molecular formula is C33H35N7O5. The van der Waals surface area contributed by atoms with Gasteiger partial charge in [-0.25, -0.2) is 19.5 Å². The van der Waals surface area contributed by atoms with Gasteiger partial charge in [-0.2, -0.15) is 5.10 Å². The summed E-state index contributed by atoms with van der Waals surface area (Å²) in [6.45, 7) is 10.1. The largest absolute Gasteiger partial charge is 0.493 e. The van der Waals surface area contributed by atoms with Crippen LogP contribution >= 0.6 is 0 Å². The summed E-state index contributed by atoms with van der Waals surface area (Å²) in [6.07, 6.45) is 7.36. The molecule has 0 saturated carbocycles. The van der Waals surface area contributed by atoms with Gasteiger partial charge in [0.05, 0.1) is 18.2 Å². The summed E-state index contributed by atoms with van der Waals surface area (Å²) in [5.41, 5.74) is 2.23. The molecule has 12 nitrogen and oxygen atoms in total. The summed E-state index contributed by atoms with van der Waals surface area (Å²) in [6, 6.07) is 11.0. The number of pyridine rings is 1. The van der Waals surface area contributed by atoms with Crippen molar-refractivity contribution in [2.45, 2.75) is 45.3 Å². The molecule has 232 valence electrons. The number of rotatable bonds is 9. The van der Waals surface area contributed by atoms with Crippen molar-refractivity contribution in [3.05, 3.63) is 79.0 Å². The second kappa shape index (κ2) is 12.0. The maximum atomic E-state index is 12.0. The molecular weight excluding hydrogens is 574 g/mol. The minimum atomic E-state index is -1.22. The van der Waals surface area contributed by atoms with Crippen LogP contribution in [-0.2, 0) is 10.4 Å². The van der Waals surface area contributed by atoms with Crippen molar-refractivity contribution in [2.24, 2.45) is 0 Å². The monoisotopic (exact) mass is 609 g/mol. The number of fused-ring (bicyclic) bond motifs is 2. The number of aliphatic hydroxyl groups is 1. The number of likely N-dealkylation sites (tertiary alicyclic amines) is 1. The number of carbonyl (C=O) groups is 1. The van der Waals surface area contributed by atoms with Gasteiger partial charge in [0.1, 0.15) is 36.1 Å². The Morgan fingerprint density at radius 2 is 1.87 bits per heavy atom. The normalized spacial score (nSPS) is 14.0. The highest BCUT2D eigenvalue weighted by Crippen LogP contribution is 2.40. The minimum absolute atomic E-state index is 0.0711. The number of hydrogen-bond acceptors (Lipinski definition) is 10. The van der Waals surface area contributed by atoms with E-state index in [-0.39, 0.29) is 12.0 Å². The molecule has 1 aliphatic rings. The van der Waals surface area contributed by atoms with Crippen LogP contribution in [0.5, 0.6) is 23.0 Å². The Kier molecular flexibility index (Phi) is 7.98. The molecule has 12 heteroatoms. The van der Waals surface area contributed by atoms with Gasteiger partial charge < -0.3 is 29.5 Å². The maximum Gasteiger partial charge on any atom is 0.245 e. The van der Waals surface area contributed by atoms with Gasteiger partial charge in [0.25, 0.3) is 0 Å². The number of aryl methyl sites for hydroxylation is 1. The van der Waals surface area contributed by atoms with Crippen LogP contribution in [0.4, 0.5) is 11.5 Å². The molecule has 3 aromatic heterocycles. The smallest absolute Gasteiger partial charge is 0.245 e. The van der Waals surface area contributed by atoms with E-state index in [1.165, 1.54) is 18.7 Å². The molecule has 0 radical (unpaired) electrons. The van der Waals surface area contributed by atoms with E-state index in [1.807, 2.05) is 37.3 Å². The molecule has 6 rings (SSSR count). The Labute approximate surface area is 260 Å². The summed E-state index contributed by atoms with van der Waals surface area (Å²) in [4.78, 5) is 27.0. The van der Waals surface area contributed by atoms with Gasteiger partial charge in [-0.3, -0.25) is 4.79 Å². The fourth-order valence-electron chi connectivity index (χ4n) is 5.44. The van der Waals surface area contributed by atoms with Crippen molar-refractivity contribution in [1.29, 1.82) is 0 Å². The van der Waals surface area contributed by atoms with Crippen LogP contribution in [0.25, 0.3) is 16.6 Å². The third-order valence-corrected chi connectivity index (χ3v) is 7.85. The van der Waals surface area contributed by atoms with Crippen LogP contribution in [0.2, 0.25) is 0 Å². The first-order chi connectivity index (χ1) is 21.6. The van der Waals surface area contributed by atoms with Crippen LogP contribution in [0.1, 0.15) is 37.8 Å². The molecule has 1 amide bonds. The molecule has 1 fully saturated rings. The van der Waals surface area contributed by atoms with Crippen LogP contribution in [0.15, 0.2) is 67.9 Å². The molecule has 45 heavy (non-hydrogen) atoms. The second-order valence-corrected chi connectivity index (χ2v) is 11.5. The zero-order valence-electron chi connectivity index (χ0n) is 25.6. The van der Waals surface area contributed by atoms with Crippen LogP contribution in [-0.4, -0.2) is 66.8 Å². The van der Waals surface area contributed by atoms with E-state index in [1.54, 1.807) is 42.6 Å². The molecule has 2 N–H and O–H groups in total. The number of methoxy groups -OCH3 is 1. The summed E-state index contributed by atoms with van der Waals surface area (Å²) in [5, 5.41) is 19.5. The zero-order valence-corrected chi connectivity index (χ0v) is 25.6. The standard InChI is InChI=1S/C33H35N7O5/c1-6-31(41)39-10-7-21(8-11-39)44-29-15-23-25(17-28(29)43-5)34-18-36-32(23)38-26-13-20(2)27(16-24(26)33(3,4)42)45-22-9-12-40-30(14-22)35-19-37-40/h6,9,12-19,21,42H,1,7-8,10-11H2,2-5H3,(H,34,36,38). The van der Waals surface area contributed by atoms with E-state index in [9.17, 15) is 9.90 Å². The van der Waals surface area contributed by atoms with E-state index >= 15 is 0 Å². The Hall–Kier alpha value is -5.23. The topological polar surface area (TPSA) is 136 Å². The average Bonchev–Trinajstić information content (AvgIpc) is 3.50. The number of anilines is 2. The predicted octanol–water partition coefficient (Wildman–Crippen LogP) is 5.31. The molecule has 0 aliphatic carbocycles. The van der Waals surface area contributed by atoms with Crippen molar-refractivity contribution in [2.75, 3.05) is 25.5 Å². The Morgan fingerprint density at radius 3 is 2.60 bits per heavy atom. The fraction of sp³-hybridized carbons (Fsp3) is 0.303. The number of piperidine rings is 1. The van der Waals surface area contributed by atoms with Crippen LogP contribution < -0.4 is 19.5 Å². The van der Waals surface area contributed by atoms with Crippen LogP contribution in [0, 0.1) is 6.92 Å². The zero-order chi connectivity index (χ0) is 31.7. The van der Waals surface area contributed by atoms with Crippen LogP contribution in [0.3, 0.4) is 0 Å². The molecule has 4 heterocycles. The van der Waals surface area contributed by atoms with Gasteiger partial charge >= 0.3 is 0 Å².